The predicted octanol–water partition coefficient (Wildman–Crippen LogP) is 3.49. The summed E-state index contributed by atoms with van der Waals surface area (Å²) in [4.78, 5) is 31.7. The Morgan fingerprint density at radius 2 is 1.81 bits per heavy atom. The summed E-state index contributed by atoms with van der Waals surface area (Å²) in [6.07, 6.45) is 0. The van der Waals surface area contributed by atoms with Gasteiger partial charge in [0, 0.05) is 54.9 Å². The molecule has 32 heavy (non-hydrogen) atoms. The number of carbonyl (C=O) groups is 1. The Labute approximate surface area is 189 Å². The third kappa shape index (κ3) is 5.21. The van der Waals surface area contributed by atoms with Crippen molar-refractivity contribution < 1.29 is 14.5 Å². The monoisotopic (exact) mass is 453 g/mol. The zero-order valence-electron chi connectivity index (χ0n) is 17.6. The summed E-state index contributed by atoms with van der Waals surface area (Å²) in [6.45, 7) is 3.28. The van der Waals surface area contributed by atoms with Crippen LogP contribution in [-0.2, 0) is 4.79 Å². The van der Waals surface area contributed by atoms with Gasteiger partial charge in [0.15, 0.2) is 5.13 Å². The molecule has 1 saturated heterocycles. The number of carbonyl (C=O) groups excluding carboxylic acids is 1. The SMILES string of the molecule is COc1ccc(-c2csc(NC(=O)CN3CCN(c4ccc([N+](=O)[O-])cc4)CC3)n2)cc1. The maximum absolute atomic E-state index is 12.5. The number of nitrogens with one attached hydrogen (secondary N) is 1. The second kappa shape index (κ2) is 9.75. The van der Waals surface area contributed by atoms with Crippen LogP contribution in [0, 0.1) is 10.1 Å². The Kier molecular flexibility index (Phi) is 6.62. The van der Waals surface area contributed by atoms with E-state index in [9.17, 15) is 14.9 Å². The van der Waals surface area contributed by atoms with Crippen LogP contribution in [0.5, 0.6) is 5.75 Å². The standard InChI is InChI=1S/C22H23N5O4S/c1-31-19-8-2-16(3-9-19)20-15-32-22(23-20)24-21(28)14-25-10-12-26(13-11-25)17-4-6-18(7-5-17)27(29)30/h2-9,15H,10-14H2,1H3,(H,23,24,28). The van der Waals surface area contributed by atoms with Gasteiger partial charge in [0.2, 0.25) is 5.91 Å². The lowest BCUT2D eigenvalue weighted by molar-refractivity contribution is -0.384. The highest BCUT2D eigenvalue weighted by Gasteiger charge is 2.20. The zero-order chi connectivity index (χ0) is 22.5. The van der Waals surface area contributed by atoms with E-state index in [1.165, 1.54) is 23.5 Å². The van der Waals surface area contributed by atoms with Gasteiger partial charge >= 0.3 is 0 Å². The summed E-state index contributed by atoms with van der Waals surface area (Å²) in [7, 11) is 1.63. The maximum Gasteiger partial charge on any atom is 0.269 e. The van der Waals surface area contributed by atoms with Crippen LogP contribution in [0.25, 0.3) is 11.3 Å². The molecule has 3 aromatic rings. The second-order valence-corrected chi connectivity index (χ2v) is 8.21. The molecule has 1 N–H and O–H groups in total. The first kappa shape index (κ1) is 21.7. The first-order chi connectivity index (χ1) is 15.5. The molecule has 0 atom stereocenters. The third-order valence-corrected chi connectivity index (χ3v) is 6.06. The number of thiazole rings is 1. The molecule has 0 aliphatic carbocycles. The number of amides is 1. The van der Waals surface area contributed by atoms with Gasteiger partial charge in [0.25, 0.3) is 5.69 Å². The quantitative estimate of drug-likeness (QED) is 0.432. The normalized spacial score (nSPS) is 14.2. The Morgan fingerprint density at radius 1 is 1.12 bits per heavy atom. The number of non-ortho nitro benzene ring substituents is 1. The minimum Gasteiger partial charge on any atom is -0.497 e. The fraction of sp³-hybridized carbons (Fsp3) is 0.273. The van der Waals surface area contributed by atoms with Gasteiger partial charge in [-0.3, -0.25) is 19.8 Å². The number of rotatable bonds is 7. The van der Waals surface area contributed by atoms with E-state index < -0.39 is 4.92 Å². The van der Waals surface area contributed by atoms with Crippen LogP contribution < -0.4 is 15.0 Å². The Bertz CT molecular complexity index is 1080. The van der Waals surface area contributed by atoms with Gasteiger partial charge < -0.3 is 15.0 Å². The molecule has 0 saturated carbocycles. The third-order valence-electron chi connectivity index (χ3n) is 5.30. The van der Waals surface area contributed by atoms with E-state index in [0.717, 1.165) is 48.9 Å². The lowest BCUT2D eigenvalue weighted by Crippen LogP contribution is -2.48. The van der Waals surface area contributed by atoms with E-state index in [4.69, 9.17) is 4.74 Å². The van der Waals surface area contributed by atoms with E-state index in [-0.39, 0.29) is 11.6 Å². The minimum atomic E-state index is -0.400. The highest BCUT2D eigenvalue weighted by Crippen LogP contribution is 2.26. The second-order valence-electron chi connectivity index (χ2n) is 7.35. The Balaban J connectivity index is 1.26. The topological polar surface area (TPSA) is 101 Å². The molecule has 10 heteroatoms. The zero-order valence-corrected chi connectivity index (χ0v) is 18.4. The Morgan fingerprint density at radius 3 is 2.44 bits per heavy atom. The fourth-order valence-electron chi connectivity index (χ4n) is 3.54. The molecule has 2 aromatic carbocycles. The van der Waals surface area contributed by atoms with Crippen LogP contribution >= 0.6 is 11.3 Å². The van der Waals surface area contributed by atoms with Crippen LogP contribution in [0.3, 0.4) is 0 Å². The number of methoxy groups -OCH3 is 1. The summed E-state index contributed by atoms with van der Waals surface area (Å²) < 4.78 is 5.17. The number of nitro benzene ring substituents is 1. The van der Waals surface area contributed by atoms with Gasteiger partial charge in [0.05, 0.1) is 24.3 Å². The molecule has 0 unspecified atom stereocenters. The number of benzene rings is 2. The van der Waals surface area contributed by atoms with Gasteiger partial charge in [-0.1, -0.05) is 0 Å². The maximum atomic E-state index is 12.5. The average Bonchev–Trinajstić information content (AvgIpc) is 3.28. The molecule has 0 bridgehead atoms. The van der Waals surface area contributed by atoms with Crippen LogP contribution in [0.1, 0.15) is 0 Å². The smallest absolute Gasteiger partial charge is 0.269 e. The number of hydrogen-bond acceptors (Lipinski definition) is 8. The number of nitro groups is 1. The number of nitrogens with zero attached hydrogens (tertiary/aromatic N) is 4. The van der Waals surface area contributed by atoms with E-state index in [1.807, 2.05) is 29.6 Å². The fourth-order valence-corrected chi connectivity index (χ4v) is 4.27. The van der Waals surface area contributed by atoms with Crippen molar-refractivity contribution in [2.75, 3.05) is 50.1 Å². The van der Waals surface area contributed by atoms with Gasteiger partial charge in [0.1, 0.15) is 5.75 Å². The molecule has 4 rings (SSSR count). The first-order valence-electron chi connectivity index (χ1n) is 10.1. The summed E-state index contributed by atoms with van der Waals surface area (Å²) in [5.74, 6) is 0.690. The molecule has 166 valence electrons. The molecule has 1 aliphatic heterocycles. The molecule has 1 fully saturated rings. The van der Waals surface area contributed by atoms with Gasteiger partial charge in [-0.15, -0.1) is 11.3 Å². The van der Waals surface area contributed by atoms with Crippen molar-refractivity contribution >= 4 is 33.8 Å². The van der Waals surface area contributed by atoms with Crippen molar-refractivity contribution in [1.82, 2.24) is 9.88 Å². The summed E-state index contributed by atoms with van der Waals surface area (Å²) in [5, 5.41) is 16.2. The van der Waals surface area contributed by atoms with Crippen molar-refractivity contribution in [2.45, 2.75) is 0 Å². The molecule has 1 aromatic heterocycles. The number of ether oxygens (including phenoxy) is 1. The van der Waals surface area contributed by atoms with Crippen molar-refractivity contribution in [3.05, 3.63) is 64.0 Å². The van der Waals surface area contributed by atoms with Gasteiger partial charge in [-0.2, -0.15) is 0 Å². The lowest BCUT2D eigenvalue weighted by Gasteiger charge is -2.35. The molecule has 1 aliphatic rings. The molecular weight excluding hydrogens is 430 g/mol. The first-order valence-corrected chi connectivity index (χ1v) is 11.0. The number of aromatic nitrogens is 1. The summed E-state index contributed by atoms with van der Waals surface area (Å²) in [5.41, 5.74) is 2.81. The van der Waals surface area contributed by atoms with Crippen molar-refractivity contribution in [3.8, 4) is 17.0 Å². The van der Waals surface area contributed by atoms with Crippen LogP contribution in [0.2, 0.25) is 0 Å². The van der Waals surface area contributed by atoms with Crippen LogP contribution in [0.15, 0.2) is 53.9 Å². The Hall–Kier alpha value is -3.50. The number of hydrogen-bond donors (Lipinski definition) is 1. The average molecular weight is 454 g/mol. The predicted molar refractivity (Wildman–Crippen MR) is 124 cm³/mol. The summed E-state index contributed by atoms with van der Waals surface area (Å²) >= 11 is 1.40. The molecule has 0 spiro atoms. The van der Waals surface area contributed by atoms with E-state index in [1.54, 1.807) is 19.2 Å². The van der Waals surface area contributed by atoms with Crippen molar-refractivity contribution in [1.29, 1.82) is 0 Å². The summed E-state index contributed by atoms with van der Waals surface area (Å²) in [6, 6.07) is 14.2. The number of anilines is 2. The largest absolute Gasteiger partial charge is 0.497 e. The van der Waals surface area contributed by atoms with E-state index >= 15 is 0 Å². The van der Waals surface area contributed by atoms with Gasteiger partial charge in [-0.05, 0) is 36.4 Å². The number of piperazine rings is 1. The molecule has 0 radical (unpaired) electrons. The lowest BCUT2D eigenvalue weighted by atomic mass is 10.2. The van der Waals surface area contributed by atoms with Crippen LogP contribution in [-0.4, -0.2) is 60.5 Å². The molecular formula is C22H23N5O4S. The molecule has 2 heterocycles. The molecule has 9 nitrogen and oxygen atoms in total. The highest BCUT2D eigenvalue weighted by atomic mass is 32.1. The van der Waals surface area contributed by atoms with Crippen molar-refractivity contribution in [2.24, 2.45) is 0 Å². The van der Waals surface area contributed by atoms with E-state index in [0.29, 0.717) is 11.7 Å². The van der Waals surface area contributed by atoms with Crippen LogP contribution in [0.4, 0.5) is 16.5 Å². The van der Waals surface area contributed by atoms with Gasteiger partial charge in [-0.25, -0.2) is 4.98 Å². The van der Waals surface area contributed by atoms with Crippen molar-refractivity contribution in [3.63, 3.8) is 0 Å². The highest BCUT2D eigenvalue weighted by molar-refractivity contribution is 7.14. The molecule has 1 amide bonds. The van der Waals surface area contributed by atoms with E-state index in [2.05, 4.69) is 20.1 Å². The minimum absolute atomic E-state index is 0.0846.